The Morgan fingerprint density at radius 1 is 0.947 bits per heavy atom. The molecular formula is C30H35NO6S. The van der Waals surface area contributed by atoms with E-state index in [0.717, 1.165) is 23.1 Å². The maximum Gasteiger partial charge on any atom is 0.407 e. The van der Waals surface area contributed by atoms with Crippen LogP contribution in [0, 0.1) is 0 Å². The number of piperidine rings is 1. The van der Waals surface area contributed by atoms with Crippen molar-refractivity contribution in [2.24, 2.45) is 0 Å². The molecule has 1 heterocycles. The van der Waals surface area contributed by atoms with Crippen molar-refractivity contribution in [1.82, 2.24) is 4.90 Å². The zero-order chi connectivity index (χ0) is 26.7. The van der Waals surface area contributed by atoms with Gasteiger partial charge in [-0.1, -0.05) is 54.6 Å². The Morgan fingerprint density at radius 2 is 1.66 bits per heavy atom. The van der Waals surface area contributed by atoms with E-state index in [9.17, 15) is 15.0 Å². The fourth-order valence-electron chi connectivity index (χ4n) is 4.57. The van der Waals surface area contributed by atoms with E-state index < -0.39 is 24.3 Å². The van der Waals surface area contributed by atoms with Gasteiger partial charge in [-0.15, -0.1) is 11.8 Å². The number of aliphatic hydroxyl groups excluding tert-OH is 1. The summed E-state index contributed by atoms with van der Waals surface area (Å²) in [6, 6.07) is 25.1. The summed E-state index contributed by atoms with van der Waals surface area (Å²) < 4.78 is 17.8. The number of carbonyl (C=O) groups is 1. The largest absolute Gasteiger partial charge is 0.494 e. The van der Waals surface area contributed by atoms with Crippen LogP contribution >= 0.6 is 11.8 Å². The summed E-state index contributed by atoms with van der Waals surface area (Å²) in [7, 11) is 0. The van der Waals surface area contributed by atoms with Gasteiger partial charge in [0.15, 0.2) is 0 Å². The molecule has 1 aliphatic heterocycles. The van der Waals surface area contributed by atoms with Gasteiger partial charge in [-0.3, -0.25) is 4.90 Å². The summed E-state index contributed by atoms with van der Waals surface area (Å²) in [5.74, 6) is 0.709. The Labute approximate surface area is 228 Å². The van der Waals surface area contributed by atoms with Crippen LogP contribution in [0.4, 0.5) is 4.79 Å². The topological polar surface area (TPSA) is 88.5 Å². The van der Waals surface area contributed by atoms with E-state index in [1.165, 1.54) is 9.80 Å². The van der Waals surface area contributed by atoms with Crippen LogP contribution in [-0.2, 0) is 22.7 Å². The second kappa shape index (κ2) is 14.2. The number of β-amino-alcohol motifs (C(OH)–C–C–N with tert-alkyl or cyclic N) is 1. The van der Waals surface area contributed by atoms with E-state index >= 15 is 0 Å². The van der Waals surface area contributed by atoms with Crippen LogP contribution in [0.3, 0.4) is 0 Å². The molecule has 1 amide bonds. The maximum atomic E-state index is 12.1. The number of benzene rings is 3. The van der Waals surface area contributed by atoms with Crippen LogP contribution in [0.2, 0.25) is 0 Å². The van der Waals surface area contributed by atoms with Gasteiger partial charge in [0.05, 0.1) is 51.2 Å². The van der Waals surface area contributed by atoms with E-state index in [-0.39, 0.29) is 6.54 Å². The smallest absolute Gasteiger partial charge is 0.407 e. The molecular weight excluding hydrogens is 502 g/mol. The molecule has 1 aliphatic rings. The van der Waals surface area contributed by atoms with Crippen LogP contribution in [0.15, 0.2) is 83.8 Å². The molecule has 7 nitrogen and oxygen atoms in total. The Balaban J connectivity index is 1.33. The van der Waals surface area contributed by atoms with Gasteiger partial charge in [-0.2, -0.15) is 0 Å². The first-order chi connectivity index (χ1) is 18.5. The van der Waals surface area contributed by atoms with Crippen molar-refractivity contribution in [2.75, 3.05) is 26.0 Å². The van der Waals surface area contributed by atoms with Gasteiger partial charge >= 0.3 is 6.09 Å². The van der Waals surface area contributed by atoms with Crippen molar-refractivity contribution >= 4 is 17.9 Å². The molecule has 8 heteroatoms. The highest BCUT2D eigenvalue weighted by atomic mass is 32.2. The third kappa shape index (κ3) is 7.98. The van der Waals surface area contributed by atoms with E-state index in [0.29, 0.717) is 38.6 Å². The first-order valence-corrected chi connectivity index (χ1v) is 14.0. The minimum atomic E-state index is -1.08. The first kappa shape index (κ1) is 28.0. The SMILES string of the molecule is CSc1ccc(COC2CC(O)CN(C(=O)O)C2c2ccc(OCCCOCc3ccccc3)cc2)cc1. The number of ether oxygens (including phenoxy) is 3. The minimum absolute atomic E-state index is 0.0452. The molecule has 1 fully saturated rings. The predicted molar refractivity (Wildman–Crippen MR) is 148 cm³/mol. The lowest BCUT2D eigenvalue weighted by Gasteiger charge is -2.41. The van der Waals surface area contributed by atoms with E-state index in [1.54, 1.807) is 11.8 Å². The fourth-order valence-corrected chi connectivity index (χ4v) is 4.97. The number of nitrogens with zero attached hydrogens (tertiary/aromatic N) is 1. The van der Waals surface area contributed by atoms with Gasteiger partial charge in [-0.25, -0.2) is 4.79 Å². The molecule has 0 aliphatic carbocycles. The molecule has 38 heavy (non-hydrogen) atoms. The van der Waals surface area contributed by atoms with Crippen LogP contribution in [0.1, 0.15) is 35.6 Å². The summed E-state index contributed by atoms with van der Waals surface area (Å²) in [5.41, 5.74) is 2.95. The van der Waals surface area contributed by atoms with Gasteiger partial charge < -0.3 is 24.4 Å². The lowest BCUT2D eigenvalue weighted by atomic mass is 9.91. The number of hydrogen-bond donors (Lipinski definition) is 2. The van der Waals surface area contributed by atoms with Gasteiger partial charge in [0.2, 0.25) is 0 Å². The summed E-state index contributed by atoms with van der Waals surface area (Å²) in [4.78, 5) is 14.5. The highest BCUT2D eigenvalue weighted by molar-refractivity contribution is 7.98. The van der Waals surface area contributed by atoms with E-state index in [4.69, 9.17) is 14.2 Å². The number of thioether (sulfide) groups is 1. The van der Waals surface area contributed by atoms with Crippen LogP contribution in [0.5, 0.6) is 5.75 Å². The lowest BCUT2D eigenvalue weighted by Crippen LogP contribution is -2.51. The first-order valence-electron chi connectivity index (χ1n) is 12.8. The molecule has 0 bridgehead atoms. The molecule has 3 aromatic carbocycles. The molecule has 0 spiro atoms. The second-order valence-electron chi connectivity index (χ2n) is 9.28. The lowest BCUT2D eigenvalue weighted by molar-refractivity contribution is -0.0829. The third-order valence-corrected chi connectivity index (χ3v) is 7.25. The Morgan fingerprint density at radius 3 is 2.34 bits per heavy atom. The van der Waals surface area contributed by atoms with Gasteiger partial charge in [0.25, 0.3) is 0 Å². The summed E-state index contributed by atoms with van der Waals surface area (Å²) in [5, 5.41) is 20.3. The molecule has 3 unspecified atom stereocenters. The van der Waals surface area contributed by atoms with Crippen molar-refractivity contribution in [3.8, 4) is 5.75 Å². The molecule has 1 saturated heterocycles. The number of amides is 1. The summed E-state index contributed by atoms with van der Waals surface area (Å²) in [6.07, 6.45) is 0.802. The predicted octanol–water partition coefficient (Wildman–Crippen LogP) is 5.77. The zero-order valence-corrected chi connectivity index (χ0v) is 22.4. The number of aliphatic hydroxyl groups is 1. The van der Waals surface area contributed by atoms with Crippen LogP contribution in [-0.4, -0.2) is 59.4 Å². The molecule has 2 N–H and O–H groups in total. The Kier molecular flexibility index (Phi) is 10.5. The molecule has 3 aromatic rings. The Bertz CT molecular complexity index is 1130. The molecule has 0 saturated carbocycles. The van der Waals surface area contributed by atoms with Gasteiger partial charge in [0.1, 0.15) is 5.75 Å². The molecule has 202 valence electrons. The van der Waals surface area contributed by atoms with E-state index in [2.05, 4.69) is 0 Å². The van der Waals surface area contributed by atoms with Crippen LogP contribution in [0.25, 0.3) is 0 Å². The number of carboxylic acid groups (broad SMARTS) is 1. The number of likely N-dealkylation sites (tertiary alicyclic amines) is 1. The average molecular weight is 538 g/mol. The average Bonchev–Trinajstić information content (AvgIpc) is 2.94. The maximum absolute atomic E-state index is 12.1. The Hall–Kier alpha value is -3.04. The minimum Gasteiger partial charge on any atom is -0.494 e. The number of rotatable bonds is 12. The molecule has 0 radical (unpaired) electrons. The number of hydrogen-bond acceptors (Lipinski definition) is 6. The van der Waals surface area contributed by atoms with Crippen molar-refractivity contribution in [1.29, 1.82) is 0 Å². The summed E-state index contributed by atoms with van der Waals surface area (Å²) in [6.45, 7) is 2.08. The third-order valence-electron chi connectivity index (χ3n) is 6.50. The van der Waals surface area contributed by atoms with Crippen molar-refractivity contribution < 1.29 is 29.2 Å². The van der Waals surface area contributed by atoms with Gasteiger partial charge in [-0.05, 0) is 47.2 Å². The standard InChI is InChI=1S/C30H35NO6S/c1-38-27-14-8-23(9-15-27)21-37-28-18-25(32)19-31(30(33)34)29(28)24-10-12-26(13-11-24)36-17-5-16-35-20-22-6-3-2-4-7-22/h2-4,6-15,25,28-29,32H,5,16-21H2,1H3,(H,33,34). The van der Waals surface area contributed by atoms with Crippen molar-refractivity contribution in [2.45, 2.75) is 49.2 Å². The quantitative estimate of drug-likeness (QED) is 0.224. The molecule has 0 aromatic heterocycles. The molecule has 4 rings (SSSR count). The highest BCUT2D eigenvalue weighted by Gasteiger charge is 2.40. The second-order valence-corrected chi connectivity index (χ2v) is 10.2. The van der Waals surface area contributed by atoms with Crippen molar-refractivity contribution in [3.05, 3.63) is 95.6 Å². The highest BCUT2D eigenvalue weighted by Crippen LogP contribution is 2.35. The summed E-state index contributed by atoms with van der Waals surface area (Å²) >= 11 is 1.67. The molecule has 3 atom stereocenters. The fraction of sp³-hybridized carbons (Fsp3) is 0.367. The zero-order valence-electron chi connectivity index (χ0n) is 21.6. The van der Waals surface area contributed by atoms with E-state index in [1.807, 2.05) is 85.1 Å². The monoisotopic (exact) mass is 537 g/mol. The van der Waals surface area contributed by atoms with Crippen molar-refractivity contribution in [3.63, 3.8) is 0 Å². The van der Waals surface area contributed by atoms with Gasteiger partial charge in [0, 0.05) is 17.7 Å². The normalized spacial score (nSPS) is 19.3. The van der Waals surface area contributed by atoms with Crippen LogP contribution < -0.4 is 4.74 Å².